The second-order valence-corrected chi connectivity index (χ2v) is 5.25. The zero-order valence-electron chi connectivity index (χ0n) is 7.69. The molecular weight excluding hydrogens is 206 g/mol. The molecule has 0 spiro atoms. The van der Waals surface area contributed by atoms with Crippen molar-refractivity contribution in [1.29, 1.82) is 0 Å². The topological polar surface area (TPSA) is 54.9 Å². The molecule has 2 unspecified atom stereocenters. The highest BCUT2D eigenvalue weighted by atomic mass is 32.2. The van der Waals surface area contributed by atoms with Crippen molar-refractivity contribution >= 4 is 22.3 Å². The number of nitrogens with one attached hydrogen (secondary N) is 1. The lowest BCUT2D eigenvalue weighted by atomic mass is 10.4. The highest BCUT2D eigenvalue weighted by Crippen LogP contribution is 1.96. The maximum atomic E-state index is 11.0. The molecule has 13 heavy (non-hydrogen) atoms. The van der Waals surface area contributed by atoms with Crippen LogP contribution in [0.5, 0.6) is 0 Å². The van der Waals surface area contributed by atoms with Gasteiger partial charge in [-0.05, 0) is 18.5 Å². The van der Waals surface area contributed by atoms with E-state index in [9.17, 15) is 4.21 Å². The molecule has 0 aromatic carbocycles. The van der Waals surface area contributed by atoms with E-state index in [2.05, 4.69) is 14.9 Å². The Balaban J connectivity index is 2.18. The molecule has 6 heteroatoms. The maximum absolute atomic E-state index is 11.0. The SMILES string of the molecule is CC(CNCc1csnn1)S(C)=O. The van der Waals surface area contributed by atoms with Gasteiger partial charge in [-0.1, -0.05) is 4.49 Å². The van der Waals surface area contributed by atoms with Gasteiger partial charge in [-0.2, -0.15) is 0 Å². The number of hydrogen-bond acceptors (Lipinski definition) is 5. The monoisotopic (exact) mass is 219 g/mol. The third-order valence-electron chi connectivity index (χ3n) is 1.71. The highest BCUT2D eigenvalue weighted by molar-refractivity contribution is 7.84. The average Bonchev–Trinajstić information content (AvgIpc) is 2.56. The van der Waals surface area contributed by atoms with Gasteiger partial charge in [0.15, 0.2) is 0 Å². The summed E-state index contributed by atoms with van der Waals surface area (Å²) in [6.07, 6.45) is 1.72. The van der Waals surface area contributed by atoms with E-state index in [0.717, 1.165) is 12.2 Å². The lowest BCUT2D eigenvalue weighted by Gasteiger charge is -2.07. The van der Waals surface area contributed by atoms with Gasteiger partial charge in [-0.3, -0.25) is 4.21 Å². The fraction of sp³-hybridized carbons (Fsp3) is 0.714. The average molecular weight is 219 g/mol. The molecule has 0 aliphatic rings. The lowest BCUT2D eigenvalue weighted by molar-refractivity contribution is 0.641. The molecular formula is C7H13N3OS2. The van der Waals surface area contributed by atoms with Crippen molar-refractivity contribution in [2.75, 3.05) is 12.8 Å². The number of hydrogen-bond donors (Lipinski definition) is 1. The van der Waals surface area contributed by atoms with Crippen LogP contribution in [-0.2, 0) is 17.3 Å². The summed E-state index contributed by atoms with van der Waals surface area (Å²) < 4.78 is 14.7. The molecule has 2 atom stereocenters. The van der Waals surface area contributed by atoms with E-state index in [1.54, 1.807) is 6.26 Å². The summed E-state index contributed by atoms with van der Waals surface area (Å²) in [6, 6.07) is 0. The molecule has 0 aliphatic heterocycles. The minimum absolute atomic E-state index is 0.187. The number of aromatic nitrogens is 2. The first-order chi connectivity index (χ1) is 6.20. The Bertz CT molecular complexity index is 263. The third-order valence-corrected chi connectivity index (χ3v) is 3.56. The van der Waals surface area contributed by atoms with Gasteiger partial charge in [0.25, 0.3) is 0 Å². The van der Waals surface area contributed by atoms with E-state index in [0.29, 0.717) is 6.54 Å². The largest absolute Gasteiger partial charge is 0.310 e. The molecule has 0 bridgehead atoms. The summed E-state index contributed by atoms with van der Waals surface area (Å²) in [5.41, 5.74) is 0.944. The summed E-state index contributed by atoms with van der Waals surface area (Å²) in [7, 11) is -0.755. The molecule has 4 nitrogen and oxygen atoms in total. The van der Waals surface area contributed by atoms with Gasteiger partial charge in [0.2, 0.25) is 0 Å². The lowest BCUT2D eigenvalue weighted by Crippen LogP contribution is -2.27. The summed E-state index contributed by atoms with van der Waals surface area (Å²) in [4.78, 5) is 0. The Morgan fingerprint density at radius 2 is 2.54 bits per heavy atom. The minimum Gasteiger partial charge on any atom is -0.310 e. The number of nitrogens with zero attached hydrogens (tertiary/aromatic N) is 2. The standard InChI is InChI=1S/C7H13N3OS2/c1-6(13(2)11)3-8-4-7-5-12-10-9-7/h5-6,8H,3-4H2,1-2H3. The summed E-state index contributed by atoms with van der Waals surface area (Å²) in [5, 5.41) is 9.16. The fourth-order valence-electron chi connectivity index (χ4n) is 0.782. The van der Waals surface area contributed by atoms with Gasteiger partial charge in [-0.25, -0.2) is 0 Å². The highest BCUT2D eigenvalue weighted by Gasteiger charge is 2.05. The van der Waals surface area contributed by atoms with Gasteiger partial charge >= 0.3 is 0 Å². The quantitative estimate of drug-likeness (QED) is 0.778. The van der Waals surface area contributed by atoms with Crippen LogP contribution in [0.3, 0.4) is 0 Å². The van der Waals surface area contributed by atoms with Crippen molar-refractivity contribution in [2.24, 2.45) is 0 Å². The Morgan fingerprint density at radius 1 is 1.77 bits per heavy atom. The Hall–Kier alpha value is -0.330. The first-order valence-corrected chi connectivity index (χ1v) is 6.45. The normalized spacial score (nSPS) is 15.5. The summed E-state index contributed by atoms with van der Waals surface area (Å²) in [5.74, 6) is 0. The molecule has 1 heterocycles. The smallest absolute Gasteiger partial charge is 0.0893 e. The fourth-order valence-corrected chi connectivity index (χ4v) is 1.59. The van der Waals surface area contributed by atoms with Gasteiger partial charge in [-0.15, -0.1) is 5.10 Å². The molecule has 74 valence electrons. The second-order valence-electron chi connectivity index (χ2n) is 2.84. The molecule has 0 radical (unpaired) electrons. The predicted molar refractivity (Wildman–Crippen MR) is 55.1 cm³/mol. The van der Waals surface area contributed by atoms with Gasteiger partial charge < -0.3 is 5.32 Å². The van der Waals surface area contributed by atoms with Crippen molar-refractivity contribution in [2.45, 2.75) is 18.7 Å². The molecule has 0 aliphatic carbocycles. The van der Waals surface area contributed by atoms with Crippen LogP contribution in [0, 0.1) is 0 Å². The van der Waals surface area contributed by atoms with Gasteiger partial charge in [0.1, 0.15) is 0 Å². The maximum Gasteiger partial charge on any atom is 0.0893 e. The van der Waals surface area contributed by atoms with Crippen molar-refractivity contribution in [3.8, 4) is 0 Å². The molecule has 0 saturated carbocycles. The van der Waals surface area contributed by atoms with E-state index < -0.39 is 10.8 Å². The van der Waals surface area contributed by atoms with E-state index >= 15 is 0 Å². The summed E-state index contributed by atoms with van der Waals surface area (Å²) >= 11 is 1.34. The molecule has 1 aromatic heterocycles. The zero-order chi connectivity index (χ0) is 9.68. The van der Waals surface area contributed by atoms with Crippen molar-refractivity contribution in [3.05, 3.63) is 11.1 Å². The van der Waals surface area contributed by atoms with E-state index in [1.807, 2.05) is 12.3 Å². The Labute approximate surface area is 84.4 Å². The molecule has 1 N–H and O–H groups in total. The molecule has 0 saturated heterocycles. The van der Waals surface area contributed by atoms with Crippen LogP contribution in [0.1, 0.15) is 12.6 Å². The van der Waals surface area contributed by atoms with E-state index in [1.165, 1.54) is 11.5 Å². The molecule has 0 fully saturated rings. The van der Waals surface area contributed by atoms with Crippen LogP contribution in [-0.4, -0.2) is 31.8 Å². The minimum atomic E-state index is -0.755. The second kappa shape index (κ2) is 5.41. The van der Waals surface area contributed by atoms with Crippen LogP contribution in [0.15, 0.2) is 5.38 Å². The van der Waals surface area contributed by atoms with Crippen molar-refractivity contribution in [1.82, 2.24) is 14.9 Å². The number of rotatable bonds is 5. The van der Waals surface area contributed by atoms with Crippen LogP contribution in [0.4, 0.5) is 0 Å². The van der Waals surface area contributed by atoms with Crippen LogP contribution in [0.25, 0.3) is 0 Å². The molecule has 1 aromatic rings. The van der Waals surface area contributed by atoms with E-state index in [4.69, 9.17) is 0 Å². The van der Waals surface area contributed by atoms with Crippen LogP contribution >= 0.6 is 11.5 Å². The first-order valence-electron chi connectivity index (χ1n) is 3.99. The predicted octanol–water partition coefficient (Wildman–Crippen LogP) is 0.395. The van der Waals surface area contributed by atoms with Crippen molar-refractivity contribution in [3.63, 3.8) is 0 Å². The molecule has 0 amide bonds. The van der Waals surface area contributed by atoms with Crippen molar-refractivity contribution < 1.29 is 4.21 Å². The van der Waals surface area contributed by atoms with Crippen LogP contribution in [0.2, 0.25) is 0 Å². The summed E-state index contributed by atoms with van der Waals surface area (Å²) in [6.45, 7) is 3.42. The molecule has 1 rings (SSSR count). The van der Waals surface area contributed by atoms with E-state index in [-0.39, 0.29) is 5.25 Å². The van der Waals surface area contributed by atoms with Gasteiger partial charge in [0, 0.05) is 40.8 Å². The Morgan fingerprint density at radius 3 is 3.08 bits per heavy atom. The van der Waals surface area contributed by atoms with Crippen LogP contribution < -0.4 is 5.32 Å². The zero-order valence-corrected chi connectivity index (χ0v) is 9.32. The Kier molecular flexibility index (Phi) is 4.47. The first kappa shape index (κ1) is 10.7. The van der Waals surface area contributed by atoms with Gasteiger partial charge in [0.05, 0.1) is 5.69 Å². The third kappa shape index (κ3) is 3.93.